The van der Waals surface area contributed by atoms with Crippen LogP contribution in [0.15, 0.2) is 4.79 Å². The zero-order valence-electron chi connectivity index (χ0n) is 11.9. The van der Waals surface area contributed by atoms with Crippen molar-refractivity contribution in [3.8, 4) is 0 Å². The third-order valence-electron chi connectivity index (χ3n) is 4.00. The van der Waals surface area contributed by atoms with Crippen LogP contribution in [-0.4, -0.2) is 27.8 Å². The molecule has 106 valence electrons. The van der Waals surface area contributed by atoms with Crippen LogP contribution in [0.2, 0.25) is 0 Å². The number of rotatable bonds is 3. The molecule has 5 nitrogen and oxygen atoms in total. The number of aromatic nitrogens is 2. The van der Waals surface area contributed by atoms with E-state index >= 15 is 0 Å². The number of hydrogen-bond acceptors (Lipinski definition) is 4. The first-order chi connectivity index (χ1) is 8.93. The second-order valence-electron chi connectivity index (χ2n) is 5.58. The Labute approximate surface area is 113 Å². The number of hydrogen-bond donors (Lipinski definition) is 2. The molecule has 1 aliphatic rings. The Kier molecular flexibility index (Phi) is 4.06. The summed E-state index contributed by atoms with van der Waals surface area (Å²) >= 11 is 0. The Morgan fingerprint density at radius 1 is 1.53 bits per heavy atom. The summed E-state index contributed by atoms with van der Waals surface area (Å²) in [6.07, 6.45) is 0.930. The topological polar surface area (TPSA) is 75.2 Å². The summed E-state index contributed by atoms with van der Waals surface area (Å²) in [5, 5.41) is 9.18. The standard InChI is InChI=1S/C14H22N2O3/c1-7-5-11(19-10(7)4)13-15-9(3)12(8(2)6-17)14(18)16-13/h7-8,10-11,17H,5-6H2,1-4H3,(H,15,16,18). The molecule has 0 bridgehead atoms. The maximum absolute atomic E-state index is 12.1. The van der Waals surface area contributed by atoms with Gasteiger partial charge in [-0.1, -0.05) is 13.8 Å². The van der Waals surface area contributed by atoms with Gasteiger partial charge in [0.2, 0.25) is 0 Å². The van der Waals surface area contributed by atoms with Crippen molar-refractivity contribution in [1.82, 2.24) is 9.97 Å². The van der Waals surface area contributed by atoms with E-state index in [2.05, 4.69) is 16.9 Å². The lowest BCUT2D eigenvalue weighted by Gasteiger charge is -2.14. The van der Waals surface area contributed by atoms with Crippen LogP contribution < -0.4 is 5.56 Å². The molecule has 19 heavy (non-hydrogen) atoms. The highest BCUT2D eigenvalue weighted by atomic mass is 16.5. The van der Waals surface area contributed by atoms with Gasteiger partial charge in [0.05, 0.1) is 6.10 Å². The van der Waals surface area contributed by atoms with Crippen LogP contribution in [0.1, 0.15) is 56.3 Å². The van der Waals surface area contributed by atoms with Gasteiger partial charge < -0.3 is 14.8 Å². The number of aliphatic hydroxyl groups excluding tert-OH is 1. The van der Waals surface area contributed by atoms with Crippen molar-refractivity contribution in [2.24, 2.45) is 5.92 Å². The first kappa shape index (κ1) is 14.2. The molecule has 1 aromatic rings. The van der Waals surface area contributed by atoms with E-state index < -0.39 is 0 Å². The molecule has 5 heteroatoms. The molecule has 1 aliphatic heterocycles. The molecule has 2 heterocycles. The van der Waals surface area contributed by atoms with Crippen LogP contribution in [0.4, 0.5) is 0 Å². The summed E-state index contributed by atoms with van der Waals surface area (Å²) in [5.41, 5.74) is 1.07. The highest BCUT2D eigenvalue weighted by Crippen LogP contribution is 2.34. The van der Waals surface area contributed by atoms with Crippen LogP contribution in [0.5, 0.6) is 0 Å². The van der Waals surface area contributed by atoms with Crippen molar-refractivity contribution in [2.75, 3.05) is 6.61 Å². The van der Waals surface area contributed by atoms with E-state index in [0.29, 0.717) is 23.0 Å². The number of aromatic amines is 1. The number of aryl methyl sites for hydroxylation is 1. The van der Waals surface area contributed by atoms with E-state index in [1.165, 1.54) is 0 Å². The predicted molar refractivity (Wildman–Crippen MR) is 72.2 cm³/mol. The third-order valence-corrected chi connectivity index (χ3v) is 4.00. The number of H-pyrrole nitrogens is 1. The van der Waals surface area contributed by atoms with Gasteiger partial charge in [-0.25, -0.2) is 4.98 Å². The number of nitrogens with zero attached hydrogens (tertiary/aromatic N) is 1. The lowest BCUT2D eigenvalue weighted by Crippen LogP contribution is -2.23. The van der Waals surface area contributed by atoms with Crippen molar-refractivity contribution in [3.05, 3.63) is 27.4 Å². The number of ether oxygens (including phenoxy) is 1. The smallest absolute Gasteiger partial charge is 0.254 e. The van der Waals surface area contributed by atoms with Crippen LogP contribution in [-0.2, 0) is 4.74 Å². The largest absolute Gasteiger partial charge is 0.396 e. The van der Waals surface area contributed by atoms with Gasteiger partial charge in [-0.05, 0) is 26.2 Å². The lowest BCUT2D eigenvalue weighted by atomic mass is 10.0. The van der Waals surface area contributed by atoms with Gasteiger partial charge >= 0.3 is 0 Å². The highest BCUT2D eigenvalue weighted by molar-refractivity contribution is 5.21. The fourth-order valence-corrected chi connectivity index (χ4v) is 2.60. The zero-order valence-corrected chi connectivity index (χ0v) is 11.9. The van der Waals surface area contributed by atoms with Gasteiger partial charge in [-0.15, -0.1) is 0 Å². The van der Waals surface area contributed by atoms with E-state index in [4.69, 9.17) is 4.74 Å². The highest BCUT2D eigenvalue weighted by Gasteiger charge is 2.32. The first-order valence-corrected chi connectivity index (χ1v) is 6.81. The molecular weight excluding hydrogens is 244 g/mol. The second-order valence-corrected chi connectivity index (χ2v) is 5.58. The molecule has 4 atom stereocenters. The molecule has 1 saturated heterocycles. The minimum atomic E-state index is -0.201. The molecule has 0 spiro atoms. The van der Waals surface area contributed by atoms with E-state index in [1.54, 1.807) is 0 Å². The second kappa shape index (κ2) is 5.43. The van der Waals surface area contributed by atoms with E-state index in [-0.39, 0.29) is 30.3 Å². The summed E-state index contributed by atoms with van der Waals surface area (Å²) in [5.74, 6) is 0.867. The summed E-state index contributed by atoms with van der Waals surface area (Å²) in [6, 6.07) is 0. The fraction of sp³-hybridized carbons (Fsp3) is 0.714. The molecule has 1 aromatic heterocycles. The average molecular weight is 266 g/mol. The van der Waals surface area contributed by atoms with E-state index in [9.17, 15) is 9.90 Å². The van der Waals surface area contributed by atoms with Gasteiger partial charge in [0, 0.05) is 23.8 Å². The summed E-state index contributed by atoms with van der Waals surface area (Å²) < 4.78 is 5.81. The van der Waals surface area contributed by atoms with Gasteiger partial charge in [-0.3, -0.25) is 4.79 Å². The third kappa shape index (κ3) is 2.72. The van der Waals surface area contributed by atoms with Crippen molar-refractivity contribution < 1.29 is 9.84 Å². The molecule has 0 saturated carbocycles. The maximum Gasteiger partial charge on any atom is 0.254 e. The Morgan fingerprint density at radius 3 is 2.68 bits per heavy atom. The number of nitrogens with one attached hydrogen (secondary N) is 1. The van der Waals surface area contributed by atoms with Crippen LogP contribution in [0.3, 0.4) is 0 Å². The molecule has 0 aromatic carbocycles. The Balaban J connectivity index is 2.33. The molecule has 0 aliphatic carbocycles. The Hall–Kier alpha value is -1.20. The van der Waals surface area contributed by atoms with Gasteiger partial charge in [0.25, 0.3) is 5.56 Å². The summed E-state index contributed by atoms with van der Waals surface area (Å²) in [4.78, 5) is 19.4. The minimum absolute atomic E-state index is 0.0566. The minimum Gasteiger partial charge on any atom is -0.396 e. The van der Waals surface area contributed by atoms with Crippen molar-refractivity contribution >= 4 is 0 Å². The van der Waals surface area contributed by atoms with E-state index in [0.717, 1.165) is 6.42 Å². The normalized spacial score (nSPS) is 28.6. The first-order valence-electron chi connectivity index (χ1n) is 6.81. The van der Waals surface area contributed by atoms with Gasteiger partial charge in [-0.2, -0.15) is 0 Å². The van der Waals surface area contributed by atoms with E-state index in [1.807, 2.05) is 20.8 Å². The molecule has 2 rings (SSSR count). The van der Waals surface area contributed by atoms with Crippen LogP contribution in [0.25, 0.3) is 0 Å². The van der Waals surface area contributed by atoms with Crippen LogP contribution >= 0.6 is 0 Å². The number of aliphatic hydroxyl groups is 1. The lowest BCUT2D eigenvalue weighted by molar-refractivity contribution is 0.0422. The monoisotopic (exact) mass is 266 g/mol. The van der Waals surface area contributed by atoms with Crippen LogP contribution in [0, 0.1) is 12.8 Å². The van der Waals surface area contributed by atoms with Crippen molar-refractivity contribution in [2.45, 2.75) is 52.2 Å². The molecule has 4 unspecified atom stereocenters. The molecule has 2 N–H and O–H groups in total. The van der Waals surface area contributed by atoms with Crippen molar-refractivity contribution in [1.29, 1.82) is 0 Å². The molecule has 0 amide bonds. The summed E-state index contributed by atoms with van der Waals surface area (Å²) in [7, 11) is 0. The fourth-order valence-electron chi connectivity index (χ4n) is 2.60. The molecular formula is C14H22N2O3. The quantitative estimate of drug-likeness (QED) is 0.872. The van der Waals surface area contributed by atoms with Gasteiger partial charge in [0.15, 0.2) is 0 Å². The Bertz CT molecular complexity index is 502. The van der Waals surface area contributed by atoms with Gasteiger partial charge in [0.1, 0.15) is 11.9 Å². The van der Waals surface area contributed by atoms with Crippen molar-refractivity contribution in [3.63, 3.8) is 0 Å². The summed E-state index contributed by atoms with van der Waals surface area (Å²) in [6.45, 7) is 7.74. The maximum atomic E-state index is 12.1. The molecule has 0 radical (unpaired) electrons. The average Bonchev–Trinajstić information content (AvgIpc) is 2.68. The SMILES string of the molecule is Cc1nc(C2CC(C)C(C)O2)[nH]c(=O)c1C(C)CO. The Morgan fingerprint density at radius 2 is 2.21 bits per heavy atom. The zero-order chi connectivity index (χ0) is 14.2. The predicted octanol–water partition coefficient (Wildman–Crippen LogP) is 1.66. The molecule has 1 fully saturated rings.